The number of nitrogens with zero attached hydrogens (tertiary/aromatic N) is 2. The van der Waals surface area contributed by atoms with Crippen molar-refractivity contribution in [3.05, 3.63) is 156 Å². The maximum absolute atomic E-state index is 6.31. The predicted octanol–water partition coefficient (Wildman–Crippen LogP) is 11.9. The van der Waals surface area contributed by atoms with Gasteiger partial charge >= 0.3 is 0 Å². The van der Waals surface area contributed by atoms with Crippen LogP contribution < -0.4 is 0 Å². The van der Waals surface area contributed by atoms with Crippen LogP contribution in [0.5, 0.6) is 0 Å². The highest BCUT2D eigenvalue weighted by atomic mass is 35.5. The topological polar surface area (TPSA) is 25.8 Å². The molecule has 0 unspecified atom stereocenters. The van der Waals surface area contributed by atoms with E-state index in [1.165, 1.54) is 0 Å². The van der Waals surface area contributed by atoms with Crippen LogP contribution in [0.25, 0.3) is 77.1 Å². The van der Waals surface area contributed by atoms with Gasteiger partial charge in [-0.05, 0) is 104 Å². The molecule has 0 aliphatic heterocycles. The van der Waals surface area contributed by atoms with Gasteiger partial charge in [0.15, 0.2) is 0 Å². The van der Waals surface area contributed by atoms with Gasteiger partial charge in [0.1, 0.15) is 0 Å². The van der Waals surface area contributed by atoms with E-state index in [-0.39, 0.29) is 0 Å². The van der Waals surface area contributed by atoms with E-state index in [1.807, 2.05) is 36.4 Å². The van der Waals surface area contributed by atoms with E-state index in [1.54, 1.807) is 12.4 Å². The molecule has 4 heteroatoms. The summed E-state index contributed by atoms with van der Waals surface area (Å²) in [4.78, 5) is 9.54. The van der Waals surface area contributed by atoms with Gasteiger partial charge in [0.25, 0.3) is 0 Å². The molecule has 1 heterocycles. The minimum absolute atomic E-state index is 0.729. The Hall–Kier alpha value is -5.02. The Labute approximate surface area is 265 Å². The molecule has 208 valence electrons. The van der Waals surface area contributed by atoms with Crippen LogP contribution in [0.15, 0.2) is 146 Å². The minimum Gasteiger partial charge on any atom is -0.252 e. The lowest BCUT2D eigenvalue weighted by atomic mass is 9.92. The van der Waals surface area contributed by atoms with Gasteiger partial charge in [-0.3, -0.25) is 9.97 Å². The van der Waals surface area contributed by atoms with Crippen LogP contribution in [-0.4, -0.2) is 9.97 Å². The normalized spacial score (nSPS) is 11.4. The maximum Gasteiger partial charge on any atom is 0.0971 e. The molecule has 1 aromatic heterocycles. The van der Waals surface area contributed by atoms with Crippen LogP contribution in [0, 0.1) is 0 Å². The molecule has 0 saturated carbocycles. The Balaban J connectivity index is 1.32. The first-order valence-corrected chi connectivity index (χ1v) is 15.2. The first-order valence-electron chi connectivity index (χ1n) is 14.4. The summed E-state index contributed by atoms with van der Waals surface area (Å²) < 4.78 is 0. The molecular formula is C40H24Cl2N2. The van der Waals surface area contributed by atoms with Crippen molar-refractivity contribution >= 4 is 55.8 Å². The molecule has 0 N–H and O–H groups in total. The molecule has 0 atom stereocenters. The number of fused-ring (bicyclic) bond motifs is 6. The molecule has 2 nitrogen and oxygen atoms in total. The summed E-state index contributed by atoms with van der Waals surface area (Å²) in [6.45, 7) is 0. The lowest BCUT2D eigenvalue weighted by Gasteiger charge is -2.13. The van der Waals surface area contributed by atoms with E-state index in [9.17, 15) is 0 Å². The Morgan fingerprint density at radius 1 is 0.318 bits per heavy atom. The van der Waals surface area contributed by atoms with Crippen LogP contribution in [0.3, 0.4) is 0 Å². The molecule has 7 aromatic carbocycles. The first-order chi connectivity index (χ1) is 21.6. The van der Waals surface area contributed by atoms with Crippen molar-refractivity contribution in [1.82, 2.24) is 9.97 Å². The molecule has 0 amide bonds. The fourth-order valence-electron chi connectivity index (χ4n) is 6.13. The van der Waals surface area contributed by atoms with Gasteiger partial charge in [0.2, 0.25) is 0 Å². The van der Waals surface area contributed by atoms with Crippen molar-refractivity contribution in [1.29, 1.82) is 0 Å². The third-order valence-corrected chi connectivity index (χ3v) is 8.72. The van der Waals surface area contributed by atoms with E-state index in [0.29, 0.717) is 0 Å². The highest BCUT2D eigenvalue weighted by Gasteiger charge is 2.14. The van der Waals surface area contributed by atoms with Crippen LogP contribution >= 0.6 is 23.2 Å². The third-order valence-electron chi connectivity index (χ3n) is 8.25. The van der Waals surface area contributed by atoms with Gasteiger partial charge < -0.3 is 0 Å². The van der Waals surface area contributed by atoms with E-state index in [2.05, 4.69) is 97.1 Å². The number of rotatable bonds is 4. The number of hydrogen-bond acceptors (Lipinski definition) is 2. The van der Waals surface area contributed by atoms with Crippen LogP contribution in [-0.2, 0) is 0 Å². The predicted molar refractivity (Wildman–Crippen MR) is 186 cm³/mol. The molecule has 8 rings (SSSR count). The molecule has 0 bridgehead atoms. The van der Waals surface area contributed by atoms with Crippen molar-refractivity contribution in [3.63, 3.8) is 0 Å². The molecule has 0 radical (unpaired) electrons. The summed E-state index contributed by atoms with van der Waals surface area (Å²) in [5.41, 5.74) is 10.8. The average Bonchev–Trinajstić information content (AvgIpc) is 3.08. The highest BCUT2D eigenvalue weighted by molar-refractivity contribution is 6.31. The van der Waals surface area contributed by atoms with Crippen LogP contribution in [0.2, 0.25) is 10.0 Å². The molecule has 0 fully saturated rings. The number of hydrogen-bond donors (Lipinski definition) is 0. The van der Waals surface area contributed by atoms with Crippen molar-refractivity contribution in [3.8, 4) is 44.5 Å². The number of benzene rings is 7. The van der Waals surface area contributed by atoms with Gasteiger partial charge in [0, 0.05) is 33.2 Å². The third kappa shape index (κ3) is 4.79. The first kappa shape index (κ1) is 26.6. The SMILES string of the molecule is Clc1cccc(-c2cccc(-c3ccc4c(c3)c3cc(-c5cccc(-c6cccc(Cl)c6)c5)ccc3c3nccnc43)c2)c1. The number of aromatic nitrogens is 2. The second kappa shape index (κ2) is 10.9. The Morgan fingerprint density at radius 3 is 1.05 bits per heavy atom. The van der Waals surface area contributed by atoms with Gasteiger partial charge in [-0.1, -0.05) is 108 Å². The zero-order valence-electron chi connectivity index (χ0n) is 23.5. The lowest BCUT2D eigenvalue weighted by molar-refractivity contribution is 1.31. The fraction of sp³-hybridized carbons (Fsp3) is 0. The van der Waals surface area contributed by atoms with Gasteiger partial charge in [-0.2, -0.15) is 0 Å². The Kier molecular flexibility index (Phi) is 6.60. The molecule has 0 spiro atoms. The van der Waals surface area contributed by atoms with Crippen molar-refractivity contribution in [2.45, 2.75) is 0 Å². The number of halogens is 2. The Morgan fingerprint density at radius 2 is 0.659 bits per heavy atom. The van der Waals surface area contributed by atoms with Crippen molar-refractivity contribution in [2.24, 2.45) is 0 Å². The van der Waals surface area contributed by atoms with Crippen LogP contribution in [0.4, 0.5) is 0 Å². The summed E-state index contributed by atoms with van der Waals surface area (Å²) in [6.07, 6.45) is 3.54. The van der Waals surface area contributed by atoms with E-state index in [0.717, 1.165) is 87.1 Å². The molecule has 0 saturated heterocycles. The smallest absolute Gasteiger partial charge is 0.0971 e. The summed E-state index contributed by atoms with van der Waals surface area (Å²) in [6, 6.07) is 46.5. The largest absolute Gasteiger partial charge is 0.252 e. The second-order valence-corrected chi connectivity index (χ2v) is 11.8. The molecule has 0 aliphatic carbocycles. The molecular weight excluding hydrogens is 579 g/mol. The monoisotopic (exact) mass is 602 g/mol. The zero-order chi connectivity index (χ0) is 29.6. The molecule has 44 heavy (non-hydrogen) atoms. The maximum atomic E-state index is 6.31. The van der Waals surface area contributed by atoms with Crippen molar-refractivity contribution < 1.29 is 0 Å². The van der Waals surface area contributed by atoms with Gasteiger partial charge in [-0.15, -0.1) is 0 Å². The van der Waals surface area contributed by atoms with Crippen molar-refractivity contribution in [2.75, 3.05) is 0 Å². The average molecular weight is 604 g/mol. The summed E-state index contributed by atoms with van der Waals surface area (Å²) in [7, 11) is 0. The fourth-order valence-corrected chi connectivity index (χ4v) is 6.51. The quantitative estimate of drug-likeness (QED) is 0.187. The second-order valence-electron chi connectivity index (χ2n) is 11.0. The summed E-state index contributed by atoms with van der Waals surface area (Å²) >= 11 is 12.6. The zero-order valence-corrected chi connectivity index (χ0v) is 25.0. The highest BCUT2D eigenvalue weighted by Crippen LogP contribution is 2.38. The summed E-state index contributed by atoms with van der Waals surface area (Å²) in [5, 5.41) is 5.91. The van der Waals surface area contributed by atoms with E-state index >= 15 is 0 Å². The molecule has 8 aromatic rings. The van der Waals surface area contributed by atoms with E-state index in [4.69, 9.17) is 33.2 Å². The van der Waals surface area contributed by atoms with E-state index < -0.39 is 0 Å². The van der Waals surface area contributed by atoms with Gasteiger partial charge in [-0.25, -0.2) is 0 Å². The Bertz CT molecular complexity index is 2210. The van der Waals surface area contributed by atoms with Gasteiger partial charge in [0.05, 0.1) is 11.0 Å². The minimum atomic E-state index is 0.729. The molecule has 0 aliphatic rings. The summed E-state index contributed by atoms with van der Waals surface area (Å²) in [5.74, 6) is 0. The lowest BCUT2D eigenvalue weighted by Crippen LogP contribution is -1.90. The standard InChI is InChI=1S/C40H24Cl2N2/c41-33-11-3-9-29(21-33)25-5-1-7-27(19-25)31-13-15-35-37(23-31)38-24-32(14-16-36(38)40-39(35)43-17-18-44-40)28-8-2-6-26(20-28)30-10-4-12-34(42)22-30/h1-24H. The van der Waals surface area contributed by atoms with Crippen LogP contribution in [0.1, 0.15) is 0 Å².